The molecule has 0 spiro atoms. The molecular weight excluding hydrogens is 376 g/mol. The van der Waals surface area contributed by atoms with Crippen LogP contribution >= 0.6 is 31.9 Å². The van der Waals surface area contributed by atoms with Crippen molar-refractivity contribution in [1.29, 1.82) is 0 Å². The molecule has 3 nitrogen and oxygen atoms in total. The minimum atomic E-state index is 0.297. The van der Waals surface area contributed by atoms with Crippen LogP contribution in [0.2, 0.25) is 0 Å². The van der Waals surface area contributed by atoms with Crippen LogP contribution in [0.5, 0.6) is 0 Å². The summed E-state index contributed by atoms with van der Waals surface area (Å²) in [6, 6.07) is 0. The molecule has 0 saturated heterocycles. The van der Waals surface area contributed by atoms with E-state index in [2.05, 4.69) is 56.2 Å². The van der Waals surface area contributed by atoms with Gasteiger partial charge in [0, 0.05) is 10.7 Å². The van der Waals surface area contributed by atoms with Crippen LogP contribution in [0, 0.1) is 0 Å². The first-order valence-corrected chi connectivity index (χ1v) is 8.81. The summed E-state index contributed by atoms with van der Waals surface area (Å²) in [6.07, 6.45) is 12.5. The van der Waals surface area contributed by atoms with Crippen LogP contribution in [0.3, 0.4) is 0 Å². The third-order valence-corrected chi connectivity index (χ3v) is 2.99. The van der Waals surface area contributed by atoms with E-state index in [1.165, 1.54) is 0 Å². The Balaban J connectivity index is 3.02. The second-order valence-electron chi connectivity index (χ2n) is 3.73. The first kappa shape index (κ1) is 19.3. The third-order valence-electron chi connectivity index (χ3n) is 2.08. The minimum Gasteiger partial charge on any atom is -0.355 e. The number of allylic oxidation sites excluding steroid dienone is 2. The Labute approximate surface area is 133 Å². The van der Waals surface area contributed by atoms with Crippen molar-refractivity contribution in [3.63, 3.8) is 0 Å². The molecule has 0 amide bonds. The van der Waals surface area contributed by atoms with Gasteiger partial charge < -0.3 is 14.2 Å². The number of rotatable bonds is 14. The average Bonchev–Trinajstić information content (AvgIpc) is 2.43. The summed E-state index contributed by atoms with van der Waals surface area (Å²) in [7, 11) is 0. The van der Waals surface area contributed by atoms with Crippen LogP contribution in [-0.2, 0) is 14.2 Å². The molecule has 0 aliphatic heterocycles. The van der Waals surface area contributed by atoms with Crippen LogP contribution in [0.4, 0.5) is 0 Å². The van der Waals surface area contributed by atoms with E-state index < -0.39 is 0 Å². The van der Waals surface area contributed by atoms with Crippen molar-refractivity contribution >= 4 is 31.9 Å². The summed E-state index contributed by atoms with van der Waals surface area (Å²) >= 11 is 6.74. The molecule has 0 fully saturated rings. The van der Waals surface area contributed by atoms with E-state index in [1.54, 1.807) is 0 Å². The molecule has 112 valence electrons. The number of hydrogen-bond acceptors (Lipinski definition) is 3. The molecule has 0 aromatic heterocycles. The Morgan fingerprint density at radius 2 is 1.00 bits per heavy atom. The van der Waals surface area contributed by atoms with Gasteiger partial charge in [-0.2, -0.15) is 0 Å². The number of halogens is 2. The van der Waals surface area contributed by atoms with Crippen LogP contribution in [-0.4, -0.2) is 37.5 Å². The van der Waals surface area contributed by atoms with Gasteiger partial charge in [0.05, 0.1) is 13.2 Å². The standard InChI is InChI=1S/C14H24Br2O3/c15-9-5-1-3-7-11-17-13-19-14-18-12-8-4-2-6-10-16/h1-4H,5-14H2/b3-1+,4-2+. The molecule has 0 aromatic rings. The fraction of sp³-hybridized carbons (Fsp3) is 0.714. The first-order valence-electron chi connectivity index (χ1n) is 6.57. The van der Waals surface area contributed by atoms with Gasteiger partial charge in [0.2, 0.25) is 0 Å². The van der Waals surface area contributed by atoms with Crippen molar-refractivity contribution in [3.8, 4) is 0 Å². The fourth-order valence-corrected chi connectivity index (χ4v) is 1.70. The van der Waals surface area contributed by atoms with Crippen LogP contribution in [0.25, 0.3) is 0 Å². The van der Waals surface area contributed by atoms with E-state index in [-0.39, 0.29) is 0 Å². The van der Waals surface area contributed by atoms with Crippen LogP contribution in [0.1, 0.15) is 25.7 Å². The van der Waals surface area contributed by atoms with Gasteiger partial charge in [-0.15, -0.1) is 0 Å². The van der Waals surface area contributed by atoms with Crippen LogP contribution in [0.15, 0.2) is 24.3 Å². The van der Waals surface area contributed by atoms with Gasteiger partial charge in [0.15, 0.2) is 0 Å². The topological polar surface area (TPSA) is 27.7 Å². The highest BCUT2D eigenvalue weighted by atomic mass is 79.9. The van der Waals surface area contributed by atoms with E-state index in [0.717, 1.165) is 36.3 Å². The Bertz CT molecular complexity index is 199. The lowest BCUT2D eigenvalue weighted by atomic mass is 10.3. The lowest BCUT2D eigenvalue weighted by Gasteiger charge is -2.05. The van der Waals surface area contributed by atoms with Crippen molar-refractivity contribution < 1.29 is 14.2 Å². The molecule has 0 aromatic carbocycles. The Morgan fingerprint density at radius 3 is 1.42 bits per heavy atom. The fourth-order valence-electron chi connectivity index (χ4n) is 1.17. The van der Waals surface area contributed by atoms with Gasteiger partial charge in [-0.3, -0.25) is 0 Å². The quantitative estimate of drug-likeness (QED) is 0.187. The second-order valence-corrected chi connectivity index (χ2v) is 5.32. The highest BCUT2D eigenvalue weighted by Gasteiger charge is 1.88. The number of hydrogen-bond donors (Lipinski definition) is 0. The molecule has 0 heterocycles. The Kier molecular flexibility index (Phi) is 18.6. The van der Waals surface area contributed by atoms with Gasteiger partial charge in [-0.1, -0.05) is 56.2 Å². The first-order chi connectivity index (χ1) is 9.41. The SMILES string of the molecule is BrCC/C=C/CCOCOCOCC/C=C/CCBr. The molecule has 0 saturated carbocycles. The minimum absolute atomic E-state index is 0.297. The molecule has 0 aliphatic carbocycles. The predicted octanol–water partition coefficient (Wildman–Crippen LogP) is 4.41. The van der Waals surface area contributed by atoms with Gasteiger partial charge >= 0.3 is 0 Å². The van der Waals surface area contributed by atoms with E-state index >= 15 is 0 Å². The average molecular weight is 400 g/mol. The maximum absolute atomic E-state index is 5.29. The van der Waals surface area contributed by atoms with Crippen molar-refractivity contribution in [2.24, 2.45) is 0 Å². The normalized spacial score (nSPS) is 11.9. The molecule has 0 unspecified atom stereocenters. The van der Waals surface area contributed by atoms with Crippen molar-refractivity contribution in [2.75, 3.05) is 37.5 Å². The van der Waals surface area contributed by atoms with E-state index in [0.29, 0.717) is 26.8 Å². The smallest absolute Gasteiger partial charge is 0.149 e. The monoisotopic (exact) mass is 398 g/mol. The van der Waals surface area contributed by atoms with Gasteiger partial charge in [0.1, 0.15) is 13.6 Å². The molecule has 0 bridgehead atoms. The maximum atomic E-state index is 5.29. The largest absolute Gasteiger partial charge is 0.355 e. The molecule has 5 heteroatoms. The van der Waals surface area contributed by atoms with Gasteiger partial charge in [0.25, 0.3) is 0 Å². The van der Waals surface area contributed by atoms with E-state index in [1.807, 2.05) is 0 Å². The summed E-state index contributed by atoms with van der Waals surface area (Å²) in [6.45, 7) is 1.97. The highest BCUT2D eigenvalue weighted by Crippen LogP contribution is 1.94. The van der Waals surface area contributed by atoms with Gasteiger partial charge in [-0.05, 0) is 25.7 Å². The molecular formula is C14H24Br2O3. The molecule has 19 heavy (non-hydrogen) atoms. The van der Waals surface area contributed by atoms with E-state index in [4.69, 9.17) is 14.2 Å². The zero-order chi connectivity index (χ0) is 14.0. The zero-order valence-corrected chi connectivity index (χ0v) is 14.5. The summed E-state index contributed by atoms with van der Waals surface area (Å²) in [5.41, 5.74) is 0. The lowest BCUT2D eigenvalue weighted by molar-refractivity contribution is -0.129. The van der Waals surface area contributed by atoms with Crippen molar-refractivity contribution in [2.45, 2.75) is 25.7 Å². The molecule has 0 atom stereocenters. The Hall–Kier alpha value is 0.320. The molecule has 0 aliphatic rings. The molecule has 0 N–H and O–H groups in total. The predicted molar refractivity (Wildman–Crippen MR) is 87.1 cm³/mol. The highest BCUT2D eigenvalue weighted by molar-refractivity contribution is 9.09. The van der Waals surface area contributed by atoms with Crippen molar-refractivity contribution in [1.82, 2.24) is 0 Å². The lowest BCUT2D eigenvalue weighted by Crippen LogP contribution is -2.05. The summed E-state index contributed by atoms with van der Waals surface area (Å²) in [5.74, 6) is 0. The zero-order valence-electron chi connectivity index (χ0n) is 11.4. The van der Waals surface area contributed by atoms with Crippen molar-refractivity contribution in [3.05, 3.63) is 24.3 Å². The maximum Gasteiger partial charge on any atom is 0.149 e. The van der Waals surface area contributed by atoms with E-state index in [9.17, 15) is 0 Å². The number of alkyl halides is 2. The summed E-state index contributed by atoms with van der Waals surface area (Å²) in [4.78, 5) is 0. The molecule has 0 radical (unpaired) electrons. The molecule has 0 rings (SSSR count). The number of ether oxygens (including phenoxy) is 3. The summed E-state index contributed by atoms with van der Waals surface area (Å²) < 4.78 is 15.8. The third kappa shape index (κ3) is 18.3. The Morgan fingerprint density at radius 1 is 0.579 bits per heavy atom. The van der Waals surface area contributed by atoms with Crippen LogP contribution < -0.4 is 0 Å². The second kappa shape index (κ2) is 18.3. The summed E-state index contributed by atoms with van der Waals surface area (Å²) in [5, 5.41) is 2.02. The van der Waals surface area contributed by atoms with Gasteiger partial charge in [-0.25, -0.2) is 0 Å².